The number of rotatable bonds is 6. The summed E-state index contributed by atoms with van der Waals surface area (Å²) >= 11 is 0. The summed E-state index contributed by atoms with van der Waals surface area (Å²) in [7, 11) is 2.05. The van der Waals surface area contributed by atoms with E-state index in [0.29, 0.717) is 5.56 Å². The van der Waals surface area contributed by atoms with Crippen LogP contribution >= 0.6 is 0 Å². The van der Waals surface area contributed by atoms with Gasteiger partial charge in [-0.1, -0.05) is 0 Å². The maximum absolute atomic E-state index is 12.4. The van der Waals surface area contributed by atoms with Crippen molar-refractivity contribution in [2.45, 2.75) is 19.0 Å². The number of carboxylic acid groups (broad SMARTS) is 1. The molecule has 1 aliphatic rings. The Hall–Kier alpha value is -2.91. The molecular weight excluding hydrogens is 352 g/mol. The number of aromatic amines is 1. The number of likely N-dealkylation sites (N-methyl/N-ethyl adjacent to an activating group) is 1. The topological polar surface area (TPSA) is 135 Å². The molecule has 0 unspecified atom stereocenters. The highest BCUT2D eigenvalue weighted by Crippen LogP contribution is 2.28. The number of nitrogens with one attached hydrogen (secondary N) is 3. The molecule has 1 aromatic heterocycles. The van der Waals surface area contributed by atoms with Crippen LogP contribution in [0.15, 0.2) is 18.2 Å². The third-order valence-corrected chi connectivity index (χ3v) is 4.65. The Morgan fingerprint density at radius 3 is 2.81 bits per heavy atom. The van der Waals surface area contributed by atoms with Gasteiger partial charge in [0.2, 0.25) is 5.91 Å². The van der Waals surface area contributed by atoms with Crippen molar-refractivity contribution in [2.75, 3.05) is 26.7 Å². The molecule has 144 valence electrons. The number of nitrogens with zero attached hydrogens (tertiary/aromatic N) is 1. The van der Waals surface area contributed by atoms with Gasteiger partial charge in [-0.25, -0.2) is 4.79 Å². The number of H-pyrrole nitrogens is 1. The van der Waals surface area contributed by atoms with Crippen LogP contribution < -0.4 is 10.6 Å². The molecule has 2 amide bonds. The molecule has 0 spiro atoms. The normalized spacial score (nSPS) is 15.2. The second-order valence-electron chi connectivity index (χ2n) is 6.65. The second-order valence-corrected chi connectivity index (χ2v) is 6.65. The number of hydrogen-bond donors (Lipinski definition) is 5. The first-order valence-corrected chi connectivity index (χ1v) is 8.62. The summed E-state index contributed by atoms with van der Waals surface area (Å²) in [6.07, 6.45) is 0.928. The maximum Gasteiger partial charge on any atom is 0.328 e. The Morgan fingerprint density at radius 2 is 2.11 bits per heavy atom. The Balaban J connectivity index is 1.68. The number of aliphatic hydroxyl groups excluding tert-OH is 1. The Labute approximate surface area is 155 Å². The van der Waals surface area contributed by atoms with Crippen molar-refractivity contribution in [2.24, 2.45) is 0 Å². The number of carboxylic acids is 1. The second kappa shape index (κ2) is 7.77. The van der Waals surface area contributed by atoms with Crippen LogP contribution in [0.1, 0.15) is 21.6 Å². The first-order valence-electron chi connectivity index (χ1n) is 8.62. The zero-order valence-corrected chi connectivity index (χ0v) is 14.9. The molecule has 0 saturated carbocycles. The number of carbonyl (C=O) groups is 3. The third-order valence-electron chi connectivity index (χ3n) is 4.65. The van der Waals surface area contributed by atoms with Gasteiger partial charge in [-0.3, -0.25) is 9.59 Å². The summed E-state index contributed by atoms with van der Waals surface area (Å²) in [4.78, 5) is 40.5. The Morgan fingerprint density at radius 1 is 1.33 bits per heavy atom. The van der Waals surface area contributed by atoms with Gasteiger partial charge in [0, 0.05) is 41.7 Å². The van der Waals surface area contributed by atoms with Gasteiger partial charge in [0.25, 0.3) is 5.91 Å². The number of carbonyl (C=O) groups excluding carboxylic acids is 2. The van der Waals surface area contributed by atoms with Gasteiger partial charge in [0.15, 0.2) is 0 Å². The third kappa shape index (κ3) is 4.09. The van der Waals surface area contributed by atoms with Crippen molar-refractivity contribution in [3.8, 4) is 0 Å². The van der Waals surface area contributed by atoms with Gasteiger partial charge < -0.3 is 30.7 Å². The number of aliphatic carboxylic acids is 1. The highest BCUT2D eigenvalue weighted by Gasteiger charge is 2.21. The van der Waals surface area contributed by atoms with E-state index in [0.717, 1.165) is 30.4 Å². The van der Waals surface area contributed by atoms with Crippen LogP contribution in [-0.2, 0) is 22.6 Å². The summed E-state index contributed by atoms with van der Waals surface area (Å²) in [6.45, 7) is 0.682. The van der Waals surface area contributed by atoms with Crippen molar-refractivity contribution in [3.05, 3.63) is 35.0 Å². The number of hydrogen-bond acceptors (Lipinski definition) is 5. The molecule has 0 fully saturated rings. The molecule has 5 N–H and O–H groups in total. The molecular formula is C18H22N4O5. The zero-order valence-electron chi connectivity index (χ0n) is 14.9. The minimum absolute atomic E-state index is 0.380. The number of benzene rings is 1. The van der Waals surface area contributed by atoms with Crippen LogP contribution in [-0.4, -0.2) is 70.7 Å². The molecule has 0 aliphatic carbocycles. The van der Waals surface area contributed by atoms with Crippen LogP contribution in [0.25, 0.3) is 10.9 Å². The predicted octanol–water partition coefficient (Wildman–Crippen LogP) is -0.553. The van der Waals surface area contributed by atoms with Crippen molar-refractivity contribution in [1.82, 2.24) is 20.5 Å². The van der Waals surface area contributed by atoms with Crippen molar-refractivity contribution in [1.29, 1.82) is 0 Å². The van der Waals surface area contributed by atoms with Gasteiger partial charge in [0.1, 0.15) is 6.04 Å². The van der Waals surface area contributed by atoms with Gasteiger partial charge in [-0.2, -0.15) is 0 Å². The summed E-state index contributed by atoms with van der Waals surface area (Å²) in [5.41, 5.74) is 3.75. The number of fused-ring (bicyclic) bond motifs is 3. The molecule has 27 heavy (non-hydrogen) atoms. The van der Waals surface area contributed by atoms with E-state index in [-0.39, 0.29) is 6.54 Å². The minimum atomic E-state index is -1.39. The smallest absolute Gasteiger partial charge is 0.328 e. The van der Waals surface area contributed by atoms with E-state index < -0.39 is 30.4 Å². The van der Waals surface area contributed by atoms with Crippen molar-refractivity contribution >= 4 is 28.7 Å². The summed E-state index contributed by atoms with van der Waals surface area (Å²) in [5.74, 6) is -2.46. The average molecular weight is 374 g/mol. The quantitative estimate of drug-likeness (QED) is 0.460. The lowest BCUT2D eigenvalue weighted by Gasteiger charge is -2.22. The van der Waals surface area contributed by atoms with Crippen LogP contribution in [0.3, 0.4) is 0 Å². The lowest BCUT2D eigenvalue weighted by molar-refractivity contribution is -0.142. The van der Waals surface area contributed by atoms with E-state index in [4.69, 9.17) is 10.2 Å². The van der Waals surface area contributed by atoms with Crippen LogP contribution in [0.4, 0.5) is 0 Å². The summed E-state index contributed by atoms with van der Waals surface area (Å²) in [6, 6.07) is 3.92. The highest BCUT2D eigenvalue weighted by atomic mass is 16.4. The van der Waals surface area contributed by atoms with Crippen molar-refractivity contribution in [3.63, 3.8) is 0 Å². The first-order chi connectivity index (χ1) is 12.9. The largest absolute Gasteiger partial charge is 0.480 e. The first kappa shape index (κ1) is 18.9. The molecule has 1 aromatic carbocycles. The molecule has 9 heteroatoms. The molecule has 9 nitrogen and oxygen atoms in total. The Kier molecular flexibility index (Phi) is 5.43. The molecule has 3 rings (SSSR count). The zero-order chi connectivity index (χ0) is 19.6. The van der Waals surface area contributed by atoms with Gasteiger partial charge in [-0.15, -0.1) is 0 Å². The summed E-state index contributed by atoms with van der Waals surface area (Å²) in [5, 5.41) is 23.3. The fraction of sp³-hybridized carbons (Fsp3) is 0.389. The predicted molar refractivity (Wildman–Crippen MR) is 97.3 cm³/mol. The van der Waals surface area contributed by atoms with E-state index in [2.05, 4.69) is 20.5 Å². The van der Waals surface area contributed by atoms with E-state index in [1.165, 1.54) is 11.3 Å². The number of amides is 2. The SMILES string of the molecule is CN1CCc2[nH]c3ccc(C(=O)NCC(=O)N[C@@H](CO)C(=O)O)cc3c2C1. The molecule has 2 aromatic rings. The molecule has 0 radical (unpaired) electrons. The summed E-state index contributed by atoms with van der Waals surface area (Å²) < 4.78 is 0. The average Bonchev–Trinajstić information content (AvgIpc) is 3.00. The lowest BCUT2D eigenvalue weighted by Crippen LogP contribution is -2.47. The Bertz CT molecular complexity index is 891. The molecule has 0 saturated heterocycles. The molecule has 2 heterocycles. The highest BCUT2D eigenvalue weighted by molar-refractivity contribution is 6.00. The maximum atomic E-state index is 12.4. The monoisotopic (exact) mass is 374 g/mol. The van der Waals surface area contributed by atoms with Crippen molar-refractivity contribution < 1.29 is 24.6 Å². The molecule has 0 bridgehead atoms. The fourth-order valence-electron chi connectivity index (χ4n) is 3.18. The van der Waals surface area contributed by atoms with Gasteiger partial charge >= 0.3 is 5.97 Å². The van der Waals surface area contributed by atoms with Crippen LogP contribution in [0.5, 0.6) is 0 Å². The standard InChI is InChI=1S/C18H22N4O5/c1-22-5-4-14-12(8-22)11-6-10(2-3-13(11)20-14)17(25)19-7-16(24)21-15(9-23)18(26)27/h2-3,6,15,20,23H,4-5,7-9H2,1H3,(H,19,25)(H,21,24)(H,26,27)/t15-/m0/s1. The van der Waals surface area contributed by atoms with Gasteiger partial charge in [-0.05, 0) is 30.8 Å². The fourth-order valence-corrected chi connectivity index (χ4v) is 3.18. The van der Waals surface area contributed by atoms with Crippen LogP contribution in [0.2, 0.25) is 0 Å². The van der Waals surface area contributed by atoms with Crippen LogP contribution in [0, 0.1) is 0 Å². The van der Waals surface area contributed by atoms with Gasteiger partial charge in [0.05, 0.1) is 13.2 Å². The van der Waals surface area contributed by atoms with E-state index in [9.17, 15) is 14.4 Å². The minimum Gasteiger partial charge on any atom is -0.480 e. The lowest BCUT2D eigenvalue weighted by atomic mass is 10.0. The number of aliphatic hydroxyl groups is 1. The van der Waals surface area contributed by atoms with E-state index in [1.54, 1.807) is 12.1 Å². The number of aromatic nitrogens is 1. The molecule has 1 atom stereocenters. The van der Waals surface area contributed by atoms with E-state index in [1.807, 2.05) is 13.1 Å². The van der Waals surface area contributed by atoms with E-state index >= 15 is 0 Å². The molecule has 1 aliphatic heterocycles.